The zero-order valence-corrected chi connectivity index (χ0v) is 11.0. The van der Waals surface area contributed by atoms with E-state index in [9.17, 15) is 0 Å². The Kier molecular flexibility index (Phi) is 3.01. The highest BCUT2D eigenvalue weighted by Crippen LogP contribution is 2.23. The molecule has 19 heavy (non-hydrogen) atoms. The van der Waals surface area contributed by atoms with Gasteiger partial charge in [-0.1, -0.05) is 12.1 Å². The first-order valence-corrected chi connectivity index (χ1v) is 6.18. The minimum atomic E-state index is 0.620. The molecule has 0 amide bonds. The van der Waals surface area contributed by atoms with Crippen molar-refractivity contribution in [2.75, 3.05) is 14.1 Å². The molecule has 0 N–H and O–H groups in total. The number of benzene rings is 1. The molecule has 0 aliphatic heterocycles. The molecule has 1 aromatic carbocycles. The standard InChI is InChI=1S/C15H15N3O/c1-18(2)10-11-5-3-6-12(9-11)15-17-14-13(19-15)7-4-8-16-14/h3-9H,10H2,1-2H3. The van der Waals surface area contributed by atoms with Crippen molar-refractivity contribution < 1.29 is 4.42 Å². The first-order chi connectivity index (χ1) is 9.22. The van der Waals surface area contributed by atoms with Gasteiger partial charge in [0.2, 0.25) is 5.89 Å². The Morgan fingerprint density at radius 2 is 2.05 bits per heavy atom. The molecule has 2 aromatic heterocycles. The second-order valence-electron chi connectivity index (χ2n) is 4.78. The Morgan fingerprint density at radius 1 is 1.16 bits per heavy atom. The van der Waals surface area contributed by atoms with Crippen molar-refractivity contribution in [3.05, 3.63) is 48.2 Å². The molecule has 0 saturated carbocycles. The summed E-state index contributed by atoms with van der Waals surface area (Å²) >= 11 is 0. The van der Waals surface area contributed by atoms with Crippen LogP contribution in [0.25, 0.3) is 22.7 Å². The summed E-state index contributed by atoms with van der Waals surface area (Å²) < 4.78 is 5.73. The van der Waals surface area contributed by atoms with Gasteiger partial charge in [-0.15, -0.1) is 0 Å². The third-order valence-electron chi connectivity index (χ3n) is 2.84. The monoisotopic (exact) mass is 253 g/mol. The van der Waals surface area contributed by atoms with Gasteiger partial charge in [-0.3, -0.25) is 0 Å². The van der Waals surface area contributed by atoms with Gasteiger partial charge >= 0.3 is 0 Å². The van der Waals surface area contributed by atoms with Crippen molar-refractivity contribution >= 4 is 11.2 Å². The molecule has 3 rings (SSSR count). The zero-order valence-electron chi connectivity index (χ0n) is 11.0. The predicted octanol–water partition coefficient (Wildman–Crippen LogP) is 2.95. The number of pyridine rings is 1. The second kappa shape index (κ2) is 4.82. The maximum absolute atomic E-state index is 5.73. The van der Waals surface area contributed by atoms with Crippen molar-refractivity contribution in [3.8, 4) is 11.5 Å². The second-order valence-corrected chi connectivity index (χ2v) is 4.78. The Morgan fingerprint density at radius 3 is 2.84 bits per heavy atom. The molecule has 4 heteroatoms. The van der Waals surface area contributed by atoms with E-state index in [1.165, 1.54) is 5.56 Å². The summed E-state index contributed by atoms with van der Waals surface area (Å²) in [6, 6.07) is 12.0. The molecule has 0 spiro atoms. The lowest BCUT2D eigenvalue weighted by Gasteiger charge is -2.09. The fourth-order valence-corrected chi connectivity index (χ4v) is 2.06. The van der Waals surface area contributed by atoms with Gasteiger partial charge in [-0.25, -0.2) is 4.98 Å². The minimum Gasteiger partial charge on any atom is -0.434 e. The number of fused-ring (bicyclic) bond motifs is 1. The molecule has 4 nitrogen and oxygen atoms in total. The van der Waals surface area contributed by atoms with Gasteiger partial charge in [0, 0.05) is 18.3 Å². The SMILES string of the molecule is CN(C)Cc1cccc(-c2nc3ncccc3o2)c1. The summed E-state index contributed by atoms with van der Waals surface area (Å²) in [5.74, 6) is 0.620. The molecule has 0 saturated heterocycles. The Labute approximate surface area is 111 Å². The third-order valence-corrected chi connectivity index (χ3v) is 2.84. The van der Waals surface area contributed by atoms with Crippen molar-refractivity contribution in [1.29, 1.82) is 0 Å². The van der Waals surface area contributed by atoms with Crippen LogP contribution < -0.4 is 0 Å². The van der Waals surface area contributed by atoms with E-state index in [4.69, 9.17) is 4.42 Å². The molecule has 0 bridgehead atoms. The Bertz CT molecular complexity index is 670. The molecule has 96 valence electrons. The summed E-state index contributed by atoms with van der Waals surface area (Å²) in [6.07, 6.45) is 1.72. The maximum Gasteiger partial charge on any atom is 0.228 e. The van der Waals surface area contributed by atoms with Gasteiger partial charge < -0.3 is 9.32 Å². The number of nitrogens with zero attached hydrogens (tertiary/aromatic N) is 3. The van der Waals surface area contributed by atoms with E-state index in [-0.39, 0.29) is 0 Å². The highest BCUT2D eigenvalue weighted by Gasteiger charge is 2.09. The van der Waals surface area contributed by atoms with Crippen LogP contribution in [-0.2, 0) is 6.54 Å². The third kappa shape index (κ3) is 2.48. The fourth-order valence-electron chi connectivity index (χ4n) is 2.06. The number of rotatable bonds is 3. The van der Waals surface area contributed by atoms with Crippen LogP contribution in [0.4, 0.5) is 0 Å². The summed E-state index contributed by atoms with van der Waals surface area (Å²) in [5, 5.41) is 0. The molecule has 2 heterocycles. The summed E-state index contributed by atoms with van der Waals surface area (Å²) in [5.41, 5.74) is 3.58. The molecule has 0 aliphatic carbocycles. The first-order valence-electron chi connectivity index (χ1n) is 6.18. The van der Waals surface area contributed by atoms with Crippen molar-refractivity contribution in [2.45, 2.75) is 6.54 Å². The van der Waals surface area contributed by atoms with Crippen LogP contribution in [0.5, 0.6) is 0 Å². The van der Waals surface area contributed by atoms with Crippen molar-refractivity contribution in [1.82, 2.24) is 14.9 Å². The quantitative estimate of drug-likeness (QED) is 0.719. The average Bonchev–Trinajstić information content (AvgIpc) is 2.82. The predicted molar refractivity (Wildman–Crippen MR) is 74.6 cm³/mol. The Hall–Kier alpha value is -2.20. The largest absolute Gasteiger partial charge is 0.434 e. The van der Waals surface area contributed by atoms with E-state index in [0.717, 1.165) is 17.7 Å². The van der Waals surface area contributed by atoms with Gasteiger partial charge in [0.05, 0.1) is 0 Å². The lowest BCUT2D eigenvalue weighted by molar-refractivity contribution is 0.402. The Balaban J connectivity index is 2.01. The smallest absolute Gasteiger partial charge is 0.228 e. The zero-order chi connectivity index (χ0) is 13.2. The van der Waals surface area contributed by atoms with Crippen LogP contribution in [0.15, 0.2) is 47.0 Å². The van der Waals surface area contributed by atoms with Crippen LogP contribution >= 0.6 is 0 Å². The normalized spacial score (nSPS) is 11.3. The van der Waals surface area contributed by atoms with Crippen LogP contribution in [-0.4, -0.2) is 29.0 Å². The van der Waals surface area contributed by atoms with E-state index in [1.807, 2.05) is 24.3 Å². The summed E-state index contributed by atoms with van der Waals surface area (Å²) in [7, 11) is 4.10. The van der Waals surface area contributed by atoms with Crippen molar-refractivity contribution in [2.24, 2.45) is 0 Å². The number of hydrogen-bond donors (Lipinski definition) is 0. The minimum absolute atomic E-state index is 0.620. The van der Waals surface area contributed by atoms with Gasteiger partial charge in [-0.05, 0) is 43.9 Å². The van der Waals surface area contributed by atoms with Gasteiger partial charge in [-0.2, -0.15) is 4.98 Å². The van der Waals surface area contributed by atoms with E-state index in [0.29, 0.717) is 11.5 Å². The van der Waals surface area contributed by atoms with E-state index >= 15 is 0 Å². The molecule has 0 aliphatic rings. The highest BCUT2D eigenvalue weighted by atomic mass is 16.3. The van der Waals surface area contributed by atoms with Crippen molar-refractivity contribution in [3.63, 3.8) is 0 Å². The van der Waals surface area contributed by atoms with Crippen LogP contribution in [0.2, 0.25) is 0 Å². The van der Waals surface area contributed by atoms with Gasteiger partial charge in [0.1, 0.15) is 0 Å². The number of oxazole rings is 1. The lowest BCUT2D eigenvalue weighted by atomic mass is 10.1. The molecule has 0 radical (unpaired) electrons. The molecular weight excluding hydrogens is 238 g/mol. The molecule has 0 atom stereocenters. The van der Waals surface area contributed by atoms with Crippen LogP contribution in [0.3, 0.4) is 0 Å². The average molecular weight is 253 g/mol. The lowest BCUT2D eigenvalue weighted by Crippen LogP contribution is -2.10. The molecule has 0 fully saturated rings. The maximum atomic E-state index is 5.73. The van der Waals surface area contributed by atoms with E-state index < -0.39 is 0 Å². The molecular formula is C15H15N3O. The first kappa shape index (κ1) is 11.9. The number of hydrogen-bond acceptors (Lipinski definition) is 4. The highest BCUT2D eigenvalue weighted by molar-refractivity contribution is 5.72. The number of aromatic nitrogens is 2. The van der Waals surface area contributed by atoms with E-state index in [1.54, 1.807) is 6.20 Å². The summed E-state index contributed by atoms with van der Waals surface area (Å²) in [4.78, 5) is 10.7. The topological polar surface area (TPSA) is 42.2 Å². The molecule has 3 aromatic rings. The fraction of sp³-hybridized carbons (Fsp3) is 0.200. The van der Waals surface area contributed by atoms with E-state index in [2.05, 4.69) is 41.1 Å². The molecule has 0 unspecified atom stereocenters. The van der Waals surface area contributed by atoms with Gasteiger partial charge in [0.15, 0.2) is 11.2 Å². The van der Waals surface area contributed by atoms with Crippen LogP contribution in [0, 0.1) is 0 Å². The summed E-state index contributed by atoms with van der Waals surface area (Å²) in [6.45, 7) is 0.895. The van der Waals surface area contributed by atoms with Crippen LogP contribution in [0.1, 0.15) is 5.56 Å². The van der Waals surface area contributed by atoms with Gasteiger partial charge in [0.25, 0.3) is 0 Å².